The fourth-order valence-corrected chi connectivity index (χ4v) is 2.60. The van der Waals surface area contributed by atoms with E-state index in [-0.39, 0.29) is 5.91 Å². The van der Waals surface area contributed by atoms with Gasteiger partial charge in [0, 0.05) is 24.9 Å². The maximum atomic E-state index is 11.7. The van der Waals surface area contributed by atoms with E-state index in [1.54, 1.807) is 11.3 Å². The molecule has 0 fully saturated rings. The van der Waals surface area contributed by atoms with Crippen LogP contribution in [0.5, 0.6) is 0 Å². The fraction of sp³-hybridized carbons (Fsp3) is 0.692. The van der Waals surface area contributed by atoms with Crippen LogP contribution in [0.1, 0.15) is 24.5 Å². The van der Waals surface area contributed by atoms with Gasteiger partial charge >= 0.3 is 0 Å². The van der Waals surface area contributed by atoms with Crippen molar-refractivity contribution >= 4 is 17.2 Å². The van der Waals surface area contributed by atoms with Crippen LogP contribution in [-0.2, 0) is 17.6 Å². The van der Waals surface area contributed by atoms with Crippen LogP contribution in [0.15, 0.2) is 5.38 Å². The van der Waals surface area contributed by atoms with Crippen LogP contribution >= 0.6 is 11.3 Å². The lowest BCUT2D eigenvalue weighted by Crippen LogP contribution is -2.35. The standard InChI is InChI=1S/C13H24N4OS/c1-3-17(4-2)8-7-15-12(18)9-11-10-19-13(16-11)5-6-14/h10H,3-9,14H2,1-2H3,(H,15,18). The normalized spacial score (nSPS) is 10.9. The van der Waals surface area contributed by atoms with Crippen LogP contribution in [-0.4, -0.2) is 48.5 Å². The number of nitrogens with one attached hydrogen (secondary N) is 1. The van der Waals surface area contributed by atoms with Gasteiger partial charge in [0.2, 0.25) is 5.91 Å². The molecule has 1 heterocycles. The summed E-state index contributed by atoms with van der Waals surface area (Å²) in [5.41, 5.74) is 6.32. The Morgan fingerprint density at radius 3 is 2.84 bits per heavy atom. The van der Waals surface area contributed by atoms with E-state index >= 15 is 0 Å². The number of likely N-dealkylation sites (N-methyl/N-ethyl adjacent to an activating group) is 1. The molecule has 0 aromatic carbocycles. The molecule has 1 rings (SSSR count). The molecule has 0 saturated carbocycles. The van der Waals surface area contributed by atoms with E-state index < -0.39 is 0 Å². The smallest absolute Gasteiger partial charge is 0.226 e. The van der Waals surface area contributed by atoms with Crippen molar-refractivity contribution in [1.82, 2.24) is 15.2 Å². The highest BCUT2D eigenvalue weighted by Gasteiger charge is 2.07. The first-order valence-corrected chi connectivity index (χ1v) is 7.69. The van der Waals surface area contributed by atoms with Crippen LogP contribution in [0.2, 0.25) is 0 Å². The van der Waals surface area contributed by atoms with Crippen molar-refractivity contribution in [3.8, 4) is 0 Å². The quantitative estimate of drug-likeness (QED) is 0.698. The minimum Gasteiger partial charge on any atom is -0.354 e. The first kappa shape index (κ1) is 16.1. The van der Waals surface area contributed by atoms with Gasteiger partial charge in [-0.25, -0.2) is 4.98 Å². The molecule has 108 valence electrons. The molecule has 1 amide bonds. The van der Waals surface area contributed by atoms with E-state index in [4.69, 9.17) is 5.73 Å². The molecular formula is C13H24N4OS. The van der Waals surface area contributed by atoms with E-state index in [0.29, 0.717) is 19.5 Å². The van der Waals surface area contributed by atoms with Gasteiger partial charge in [-0.2, -0.15) is 0 Å². The molecule has 0 unspecified atom stereocenters. The molecule has 1 aromatic heterocycles. The van der Waals surface area contributed by atoms with Crippen molar-refractivity contribution in [2.75, 3.05) is 32.7 Å². The zero-order chi connectivity index (χ0) is 14.1. The molecule has 5 nitrogen and oxygen atoms in total. The number of carbonyl (C=O) groups excluding carboxylic acids is 1. The van der Waals surface area contributed by atoms with Gasteiger partial charge in [-0.3, -0.25) is 4.79 Å². The van der Waals surface area contributed by atoms with Crippen LogP contribution in [0.25, 0.3) is 0 Å². The summed E-state index contributed by atoms with van der Waals surface area (Å²) in [5, 5.41) is 5.88. The summed E-state index contributed by atoms with van der Waals surface area (Å²) in [6.07, 6.45) is 1.15. The van der Waals surface area contributed by atoms with Crippen molar-refractivity contribution in [3.63, 3.8) is 0 Å². The Labute approximate surface area is 119 Å². The predicted molar refractivity (Wildman–Crippen MR) is 79.4 cm³/mol. The highest BCUT2D eigenvalue weighted by atomic mass is 32.1. The number of nitrogens with zero attached hydrogens (tertiary/aromatic N) is 2. The summed E-state index contributed by atoms with van der Waals surface area (Å²) in [7, 11) is 0. The first-order chi connectivity index (χ1) is 9.19. The predicted octanol–water partition coefficient (Wildman–Crippen LogP) is 0.645. The third-order valence-corrected chi connectivity index (χ3v) is 3.90. The van der Waals surface area contributed by atoms with Crippen LogP contribution in [0.4, 0.5) is 0 Å². The largest absolute Gasteiger partial charge is 0.354 e. The summed E-state index contributed by atoms with van der Waals surface area (Å²) in [6, 6.07) is 0. The van der Waals surface area contributed by atoms with Crippen molar-refractivity contribution in [1.29, 1.82) is 0 Å². The van der Waals surface area contributed by atoms with E-state index in [9.17, 15) is 4.79 Å². The van der Waals surface area contributed by atoms with Gasteiger partial charge in [0.25, 0.3) is 0 Å². The summed E-state index contributed by atoms with van der Waals surface area (Å²) in [5.74, 6) is 0.0387. The maximum absolute atomic E-state index is 11.7. The topological polar surface area (TPSA) is 71.2 Å². The number of carbonyl (C=O) groups is 1. The Balaban J connectivity index is 2.26. The second-order valence-corrected chi connectivity index (χ2v) is 5.27. The lowest BCUT2D eigenvalue weighted by atomic mass is 10.3. The number of hydrogen-bond acceptors (Lipinski definition) is 5. The zero-order valence-electron chi connectivity index (χ0n) is 11.8. The molecule has 1 aromatic rings. The van der Waals surface area contributed by atoms with E-state index in [0.717, 1.165) is 36.8 Å². The highest BCUT2D eigenvalue weighted by Crippen LogP contribution is 2.10. The summed E-state index contributed by atoms with van der Waals surface area (Å²) in [6.45, 7) is 8.47. The van der Waals surface area contributed by atoms with Gasteiger partial charge in [-0.15, -0.1) is 11.3 Å². The average molecular weight is 284 g/mol. The van der Waals surface area contributed by atoms with Crippen LogP contribution in [0, 0.1) is 0 Å². The van der Waals surface area contributed by atoms with Crippen molar-refractivity contribution in [2.24, 2.45) is 5.73 Å². The van der Waals surface area contributed by atoms with Gasteiger partial charge in [0.05, 0.1) is 17.1 Å². The molecule has 3 N–H and O–H groups in total. The van der Waals surface area contributed by atoms with Crippen molar-refractivity contribution in [3.05, 3.63) is 16.1 Å². The Kier molecular flexibility index (Phi) is 7.62. The first-order valence-electron chi connectivity index (χ1n) is 6.82. The second-order valence-electron chi connectivity index (χ2n) is 4.32. The third-order valence-electron chi connectivity index (χ3n) is 2.94. The molecule has 0 atom stereocenters. The molecule has 0 aliphatic carbocycles. The van der Waals surface area contributed by atoms with Gasteiger partial charge in [-0.1, -0.05) is 13.8 Å². The maximum Gasteiger partial charge on any atom is 0.226 e. The molecule has 19 heavy (non-hydrogen) atoms. The molecule has 0 saturated heterocycles. The van der Waals surface area contributed by atoms with Crippen LogP contribution < -0.4 is 11.1 Å². The highest BCUT2D eigenvalue weighted by molar-refractivity contribution is 7.09. The van der Waals surface area contributed by atoms with E-state index in [1.807, 2.05) is 5.38 Å². The number of hydrogen-bond donors (Lipinski definition) is 2. The fourth-order valence-electron chi connectivity index (χ4n) is 1.79. The van der Waals surface area contributed by atoms with E-state index in [2.05, 4.69) is 29.0 Å². The van der Waals surface area contributed by atoms with Crippen molar-refractivity contribution in [2.45, 2.75) is 26.7 Å². The molecular weight excluding hydrogens is 260 g/mol. The summed E-state index contributed by atoms with van der Waals surface area (Å²) >= 11 is 1.57. The average Bonchev–Trinajstić information content (AvgIpc) is 2.82. The number of amides is 1. The number of aromatic nitrogens is 1. The minimum atomic E-state index is 0.0387. The SMILES string of the molecule is CCN(CC)CCNC(=O)Cc1csc(CCN)n1. The van der Waals surface area contributed by atoms with Gasteiger partial charge in [-0.05, 0) is 19.6 Å². The van der Waals surface area contributed by atoms with E-state index in [1.165, 1.54) is 0 Å². The third kappa shape index (κ3) is 6.13. The zero-order valence-corrected chi connectivity index (χ0v) is 12.6. The lowest BCUT2D eigenvalue weighted by Gasteiger charge is -2.17. The number of rotatable bonds is 9. The monoisotopic (exact) mass is 284 g/mol. The molecule has 6 heteroatoms. The molecule has 0 radical (unpaired) electrons. The Morgan fingerprint density at radius 1 is 1.47 bits per heavy atom. The molecule has 0 aliphatic heterocycles. The van der Waals surface area contributed by atoms with Gasteiger partial charge < -0.3 is 16.0 Å². The Morgan fingerprint density at radius 2 is 2.21 bits per heavy atom. The summed E-state index contributed by atoms with van der Waals surface area (Å²) < 4.78 is 0. The number of nitrogens with two attached hydrogens (primary N) is 1. The lowest BCUT2D eigenvalue weighted by molar-refractivity contribution is -0.120. The Hall–Kier alpha value is -0.980. The van der Waals surface area contributed by atoms with Gasteiger partial charge in [0.1, 0.15) is 0 Å². The Bertz CT molecular complexity index is 376. The van der Waals surface area contributed by atoms with Gasteiger partial charge in [0.15, 0.2) is 0 Å². The molecule has 0 aliphatic rings. The second kappa shape index (κ2) is 9.01. The number of thiazole rings is 1. The van der Waals surface area contributed by atoms with Crippen molar-refractivity contribution < 1.29 is 4.79 Å². The minimum absolute atomic E-state index is 0.0387. The molecule has 0 bridgehead atoms. The summed E-state index contributed by atoms with van der Waals surface area (Å²) in [4.78, 5) is 18.4. The van der Waals surface area contributed by atoms with Crippen LogP contribution in [0.3, 0.4) is 0 Å². The molecule has 0 spiro atoms.